The van der Waals surface area contributed by atoms with Crippen LogP contribution in [0.25, 0.3) is 33.7 Å². The Morgan fingerprint density at radius 2 is 1.85 bits per heavy atom. The number of halogens is 2. The molecule has 0 unspecified atom stereocenters. The number of hydrogen-bond donors (Lipinski definition) is 0. The van der Waals surface area contributed by atoms with Gasteiger partial charge < -0.3 is 9.15 Å². The van der Waals surface area contributed by atoms with Crippen LogP contribution in [-0.2, 0) is 0 Å². The molecule has 0 fully saturated rings. The Balaban J connectivity index is 1.39. The van der Waals surface area contributed by atoms with Crippen molar-refractivity contribution in [3.63, 3.8) is 0 Å². The smallest absolute Gasteiger partial charge is 0.291 e. The molecule has 0 amide bonds. The Morgan fingerprint density at radius 3 is 2.59 bits per heavy atom. The third-order valence-electron chi connectivity index (χ3n) is 5.17. The van der Waals surface area contributed by atoms with Crippen LogP contribution in [0.4, 0.5) is 0 Å². The summed E-state index contributed by atoms with van der Waals surface area (Å²) >= 11 is 13.3. The van der Waals surface area contributed by atoms with Gasteiger partial charge in [0.1, 0.15) is 21.8 Å². The second-order valence-electron chi connectivity index (χ2n) is 7.60. The van der Waals surface area contributed by atoms with Crippen molar-refractivity contribution in [1.82, 2.24) is 14.6 Å². The highest BCUT2D eigenvalue weighted by molar-refractivity contribution is 7.15. The van der Waals surface area contributed by atoms with Crippen molar-refractivity contribution in [2.24, 2.45) is 0 Å². The van der Waals surface area contributed by atoms with Crippen molar-refractivity contribution >= 4 is 45.6 Å². The first kappa shape index (κ1) is 22.7. The van der Waals surface area contributed by atoms with Gasteiger partial charge in [0.05, 0.1) is 16.7 Å². The van der Waals surface area contributed by atoms with Crippen LogP contribution in [0.3, 0.4) is 0 Å². The maximum atomic E-state index is 12.9. The zero-order valence-electron chi connectivity index (χ0n) is 18.1. The van der Waals surface area contributed by atoms with Gasteiger partial charge in [0.2, 0.25) is 4.96 Å². The molecule has 0 aliphatic heterocycles. The zero-order valence-corrected chi connectivity index (χ0v) is 20.5. The van der Waals surface area contributed by atoms with E-state index in [9.17, 15) is 4.79 Å². The van der Waals surface area contributed by atoms with Gasteiger partial charge in [-0.25, -0.2) is 0 Å². The second kappa shape index (κ2) is 9.62. The maximum absolute atomic E-state index is 12.9. The zero-order chi connectivity index (χ0) is 23.7. The van der Waals surface area contributed by atoms with Crippen molar-refractivity contribution in [2.45, 2.75) is 19.8 Å². The second-order valence-corrected chi connectivity index (χ2v) is 9.43. The average molecular weight is 512 g/mol. The number of nitrogens with zero attached hydrogens (tertiary/aromatic N) is 3. The molecule has 3 heterocycles. The van der Waals surface area contributed by atoms with E-state index in [2.05, 4.69) is 17.0 Å². The van der Waals surface area contributed by atoms with E-state index < -0.39 is 0 Å². The van der Waals surface area contributed by atoms with Crippen molar-refractivity contribution < 1.29 is 9.15 Å². The lowest BCUT2D eigenvalue weighted by molar-refractivity contribution is 0.309. The van der Waals surface area contributed by atoms with Crippen LogP contribution in [0.15, 0.2) is 63.8 Å². The lowest BCUT2D eigenvalue weighted by Gasteiger charge is -2.05. The molecule has 0 N–H and O–H groups in total. The standard InChI is InChI=1S/C25H19Cl2N3O3S/c1-2-3-12-32-17-7-4-15(5-8-17)23-28-25-30(29-23)24(31)22(34-25)14-18-9-11-21(33-18)16-6-10-19(26)20(27)13-16/h4-11,13-14H,2-3,12H2,1H3/b22-14+. The Bertz CT molecular complexity index is 1570. The SMILES string of the molecule is CCCCOc1ccc(-c2nc3s/c(=C/c4ccc(-c5ccc(Cl)c(Cl)c5)o4)c(=O)n3n2)cc1. The summed E-state index contributed by atoms with van der Waals surface area (Å²) in [6.45, 7) is 2.82. The molecule has 2 aromatic carbocycles. The van der Waals surface area contributed by atoms with Crippen LogP contribution in [-0.4, -0.2) is 21.2 Å². The minimum Gasteiger partial charge on any atom is -0.494 e. The van der Waals surface area contributed by atoms with E-state index in [1.165, 1.54) is 15.9 Å². The van der Waals surface area contributed by atoms with Crippen molar-refractivity contribution in [3.8, 4) is 28.5 Å². The Hall–Kier alpha value is -3.13. The van der Waals surface area contributed by atoms with Gasteiger partial charge in [-0.05, 0) is 61.0 Å². The molecule has 0 aliphatic rings. The molecule has 0 saturated carbocycles. The lowest BCUT2D eigenvalue weighted by atomic mass is 10.2. The topological polar surface area (TPSA) is 69.6 Å². The van der Waals surface area contributed by atoms with Crippen LogP contribution in [0.2, 0.25) is 10.0 Å². The number of fused-ring (bicyclic) bond motifs is 1. The molecule has 172 valence electrons. The van der Waals surface area contributed by atoms with E-state index in [4.69, 9.17) is 32.4 Å². The van der Waals surface area contributed by atoms with Crippen LogP contribution < -0.4 is 14.8 Å². The van der Waals surface area contributed by atoms with Gasteiger partial charge in [-0.15, -0.1) is 5.10 Å². The van der Waals surface area contributed by atoms with Gasteiger partial charge >= 0.3 is 0 Å². The van der Waals surface area contributed by atoms with Crippen LogP contribution in [0.5, 0.6) is 5.75 Å². The van der Waals surface area contributed by atoms with Gasteiger partial charge in [-0.3, -0.25) is 4.79 Å². The number of thiazole rings is 1. The van der Waals surface area contributed by atoms with Crippen LogP contribution >= 0.6 is 34.5 Å². The molecular formula is C25H19Cl2N3O3S. The third-order valence-corrected chi connectivity index (χ3v) is 6.86. The van der Waals surface area contributed by atoms with E-state index in [0.717, 1.165) is 29.7 Å². The van der Waals surface area contributed by atoms with E-state index >= 15 is 0 Å². The molecule has 5 rings (SSSR count). The average Bonchev–Trinajstić information content (AvgIpc) is 3.54. The maximum Gasteiger partial charge on any atom is 0.291 e. The van der Waals surface area contributed by atoms with E-state index in [0.29, 0.717) is 43.5 Å². The highest BCUT2D eigenvalue weighted by Crippen LogP contribution is 2.29. The first-order chi connectivity index (χ1) is 16.5. The van der Waals surface area contributed by atoms with Gasteiger partial charge in [0.15, 0.2) is 5.82 Å². The molecule has 6 nitrogen and oxygen atoms in total. The molecule has 0 radical (unpaired) electrons. The van der Waals surface area contributed by atoms with Crippen molar-refractivity contribution in [1.29, 1.82) is 0 Å². The Labute approximate surface area is 209 Å². The number of rotatable bonds is 7. The largest absolute Gasteiger partial charge is 0.494 e. The van der Waals surface area contributed by atoms with Crippen molar-refractivity contribution in [3.05, 3.63) is 85.3 Å². The number of ether oxygens (including phenoxy) is 1. The number of furan rings is 1. The van der Waals surface area contributed by atoms with Crippen LogP contribution in [0.1, 0.15) is 25.5 Å². The summed E-state index contributed by atoms with van der Waals surface area (Å²) in [7, 11) is 0. The predicted molar refractivity (Wildman–Crippen MR) is 136 cm³/mol. The summed E-state index contributed by atoms with van der Waals surface area (Å²) in [5.74, 6) is 2.47. The van der Waals surface area contributed by atoms with Gasteiger partial charge in [-0.2, -0.15) is 9.50 Å². The molecule has 0 saturated heterocycles. The van der Waals surface area contributed by atoms with E-state index in [-0.39, 0.29) is 5.56 Å². The van der Waals surface area contributed by atoms with E-state index in [1.54, 1.807) is 24.3 Å². The van der Waals surface area contributed by atoms with Gasteiger partial charge in [0.25, 0.3) is 5.56 Å². The first-order valence-electron chi connectivity index (χ1n) is 10.7. The fourth-order valence-corrected chi connectivity index (χ4v) is 4.54. The number of benzene rings is 2. The molecule has 0 spiro atoms. The number of unbranched alkanes of at least 4 members (excludes halogenated alkanes) is 1. The summed E-state index contributed by atoms with van der Waals surface area (Å²) in [5, 5.41) is 5.33. The predicted octanol–water partition coefficient (Wildman–Crippen LogP) is 6.11. The molecule has 34 heavy (non-hydrogen) atoms. The molecule has 5 aromatic rings. The van der Waals surface area contributed by atoms with Gasteiger partial charge in [0, 0.05) is 17.2 Å². The lowest BCUT2D eigenvalue weighted by Crippen LogP contribution is -2.23. The summed E-state index contributed by atoms with van der Waals surface area (Å²) in [6.07, 6.45) is 3.79. The highest BCUT2D eigenvalue weighted by atomic mass is 35.5. The molecule has 0 atom stereocenters. The molecule has 3 aromatic heterocycles. The first-order valence-corrected chi connectivity index (χ1v) is 12.3. The number of aromatic nitrogens is 3. The minimum atomic E-state index is -0.245. The monoisotopic (exact) mass is 511 g/mol. The van der Waals surface area contributed by atoms with Gasteiger partial charge in [-0.1, -0.05) is 47.9 Å². The molecular weight excluding hydrogens is 493 g/mol. The quantitative estimate of drug-likeness (QED) is 0.246. The highest BCUT2D eigenvalue weighted by Gasteiger charge is 2.13. The molecule has 9 heteroatoms. The van der Waals surface area contributed by atoms with Crippen molar-refractivity contribution in [2.75, 3.05) is 6.61 Å². The van der Waals surface area contributed by atoms with Crippen LogP contribution in [0, 0.1) is 0 Å². The number of hydrogen-bond acceptors (Lipinski definition) is 6. The molecule has 0 aliphatic carbocycles. The summed E-state index contributed by atoms with van der Waals surface area (Å²) in [5.41, 5.74) is 1.37. The summed E-state index contributed by atoms with van der Waals surface area (Å²) in [4.78, 5) is 17.9. The Morgan fingerprint density at radius 1 is 1.06 bits per heavy atom. The minimum absolute atomic E-state index is 0.245. The fourth-order valence-electron chi connectivity index (χ4n) is 3.35. The Kier molecular flexibility index (Phi) is 6.41. The molecule has 0 bridgehead atoms. The summed E-state index contributed by atoms with van der Waals surface area (Å²) < 4.78 is 13.4. The van der Waals surface area contributed by atoms with E-state index in [1.807, 2.05) is 36.4 Å². The normalized spacial score (nSPS) is 12.0. The third kappa shape index (κ3) is 4.59. The summed E-state index contributed by atoms with van der Waals surface area (Å²) in [6, 6.07) is 16.5. The fraction of sp³-hybridized carbons (Fsp3) is 0.160.